The van der Waals surface area contributed by atoms with Crippen LogP contribution in [0.1, 0.15) is 45.8 Å². The molecule has 0 aliphatic heterocycles. The first-order valence-corrected chi connectivity index (χ1v) is 8.27. The fourth-order valence-electron chi connectivity index (χ4n) is 2.16. The lowest BCUT2D eigenvalue weighted by Gasteiger charge is -2.18. The number of carbonyl (C=O) groups is 1. The van der Waals surface area contributed by atoms with Gasteiger partial charge in [-0.05, 0) is 31.4 Å². The van der Waals surface area contributed by atoms with Crippen molar-refractivity contribution >= 4 is 35.8 Å². The lowest BCUT2D eigenvalue weighted by molar-refractivity contribution is -0.120. The first-order chi connectivity index (χ1) is 11.0. The molecule has 1 aromatic rings. The van der Waals surface area contributed by atoms with Crippen molar-refractivity contribution in [2.75, 3.05) is 13.6 Å². The molecule has 0 spiro atoms. The van der Waals surface area contributed by atoms with Crippen molar-refractivity contribution in [3.05, 3.63) is 24.2 Å². The molecule has 1 aromatic heterocycles. The zero-order chi connectivity index (χ0) is 17.1. The molecule has 0 saturated carbocycles. The number of nitrogens with zero attached hydrogens (tertiary/aromatic N) is 1. The fourth-order valence-corrected chi connectivity index (χ4v) is 2.16. The van der Waals surface area contributed by atoms with Gasteiger partial charge in [-0.25, -0.2) is 0 Å². The van der Waals surface area contributed by atoms with Gasteiger partial charge in [0.05, 0.1) is 19.4 Å². The SMILES string of the molecule is CN=C(NCC(=O)NCc1ccco1)NC(C)CCCC(C)C.I. The number of rotatable bonds is 9. The summed E-state index contributed by atoms with van der Waals surface area (Å²) in [7, 11) is 1.71. The van der Waals surface area contributed by atoms with Crippen LogP contribution in [-0.2, 0) is 11.3 Å². The van der Waals surface area contributed by atoms with Gasteiger partial charge in [0.1, 0.15) is 5.76 Å². The molecule has 0 fully saturated rings. The van der Waals surface area contributed by atoms with Crippen LogP contribution in [0, 0.1) is 5.92 Å². The van der Waals surface area contributed by atoms with Gasteiger partial charge in [-0.15, -0.1) is 24.0 Å². The summed E-state index contributed by atoms with van der Waals surface area (Å²) in [6.07, 6.45) is 5.09. The molecule has 6 nitrogen and oxygen atoms in total. The van der Waals surface area contributed by atoms with E-state index in [9.17, 15) is 4.79 Å². The molecule has 0 aliphatic carbocycles. The van der Waals surface area contributed by atoms with Crippen LogP contribution in [0.3, 0.4) is 0 Å². The molecule has 1 unspecified atom stereocenters. The molecule has 0 bridgehead atoms. The fraction of sp³-hybridized carbons (Fsp3) is 0.647. The Morgan fingerprint density at radius 2 is 2.00 bits per heavy atom. The van der Waals surface area contributed by atoms with Crippen LogP contribution in [0.15, 0.2) is 27.8 Å². The van der Waals surface area contributed by atoms with E-state index < -0.39 is 0 Å². The van der Waals surface area contributed by atoms with Crippen LogP contribution in [0.25, 0.3) is 0 Å². The Morgan fingerprint density at radius 3 is 2.58 bits per heavy atom. The van der Waals surface area contributed by atoms with E-state index in [1.807, 2.05) is 6.07 Å². The van der Waals surface area contributed by atoms with E-state index in [0.29, 0.717) is 18.5 Å². The molecule has 0 aliphatic rings. The normalized spacial score (nSPS) is 12.5. The van der Waals surface area contributed by atoms with E-state index >= 15 is 0 Å². The summed E-state index contributed by atoms with van der Waals surface area (Å²) < 4.78 is 5.17. The molecule has 24 heavy (non-hydrogen) atoms. The molecule has 138 valence electrons. The predicted molar refractivity (Wildman–Crippen MR) is 109 cm³/mol. The maximum absolute atomic E-state index is 11.8. The van der Waals surface area contributed by atoms with E-state index in [4.69, 9.17) is 4.42 Å². The molecule has 7 heteroatoms. The Morgan fingerprint density at radius 1 is 1.25 bits per heavy atom. The molecular weight excluding hydrogens is 419 g/mol. The van der Waals surface area contributed by atoms with E-state index in [-0.39, 0.29) is 36.4 Å². The molecule has 1 heterocycles. The van der Waals surface area contributed by atoms with Crippen molar-refractivity contribution in [3.8, 4) is 0 Å². The molecule has 1 atom stereocenters. The smallest absolute Gasteiger partial charge is 0.239 e. The van der Waals surface area contributed by atoms with Crippen LogP contribution in [0.2, 0.25) is 0 Å². The van der Waals surface area contributed by atoms with Crippen molar-refractivity contribution in [3.63, 3.8) is 0 Å². The lowest BCUT2D eigenvalue weighted by Crippen LogP contribution is -2.46. The minimum Gasteiger partial charge on any atom is -0.467 e. The van der Waals surface area contributed by atoms with Crippen molar-refractivity contribution in [1.82, 2.24) is 16.0 Å². The Kier molecular flexibility index (Phi) is 12.4. The first kappa shape index (κ1) is 22.8. The summed E-state index contributed by atoms with van der Waals surface area (Å²) in [5, 5.41) is 9.12. The number of guanidine groups is 1. The van der Waals surface area contributed by atoms with E-state index in [2.05, 4.69) is 41.7 Å². The molecule has 1 rings (SSSR count). The van der Waals surface area contributed by atoms with Gasteiger partial charge in [0.25, 0.3) is 0 Å². The lowest BCUT2D eigenvalue weighted by atomic mass is 10.0. The van der Waals surface area contributed by atoms with Crippen molar-refractivity contribution < 1.29 is 9.21 Å². The molecular formula is C17H31IN4O2. The van der Waals surface area contributed by atoms with Crippen LogP contribution >= 0.6 is 24.0 Å². The van der Waals surface area contributed by atoms with Crippen molar-refractivity contribution in [2.45, 2.75) is 52.6 Å². The Balaban J connectivity index is 0.00000529. The standard InChI is InChI=1S/C17H30N4O2.HI/c1-13(2)7-5-8-14(3)21-17(18-4)20-12-16(22)19-11-15-9-6-10-23-15;/h6,9-10,13-14H,5,7-8,11-12H2,1-4H3,(H,19,22)(H2,18,20,21);1H. The minimum absolute atomic E-state index is 0. The number of carbonyl (C=O) groups excluding carboxylic acids is 1. The molecule has 0 radical (unpaired) electrons. The third-order valence-corrected chi connectivity index (χ3v) is 3.48. The van der Waals surface area contributed by atoms with Gasteiger partial charge in [-0.2, -0.15) is 0 Å². The average Bonchev–Trinajstić information content (AvgIpc) is 3.02. The Hall–Kier alpha value is -1.25. The van der Waals surface area contributed by atoms with Crippen molar-refractivity contribution in [1.29, 1.82) is 0 Å². The third-order valence-electron chi connectivity index (χ3n) is 3.48. The third kappa shape index (κ3) is 10.5. The van der Waals surface area contributed by atoms with Gasteiger partial charge in [0, 0.05) is 13.1 Å². The number of amides is 1. The highest BCUT2D eigenvalue weighted by Crippen LogP contribution is 2.08. The van der Waals surface area contributed by atoms with Gasteiger partial charge in [-0.1, -0.05) is 26.7 Å². The Bertz CT molecular complexity index is 475. The highest BCUT2D eigenvalue weighted by molar-refractivity contribution is 14.0. The van der Waals surface area contributed by atoms with Crippen LogP contribution in [0.5, 0.6) is 0 Å². The van der Waals surface area contributed by atoms with E-state index in [1.54, 1.807) is 19.4 Å². The number of hydrogen-bond donors (Lipinski definition) is 3. The summed E-state index contributed by atoms with van der Waals surface area (Å²) >= 11 is 0. The average molecular weight is 450 g/mol. The number of halogens is 1. The number of hydrogen-bond acceptors (Lipinski definition) is 3. The van der Waals surface area contributed by atoms with Gasteiger partial charge in [0.15, 0.2) is 5.96 Å². The van der Waals surface area contributed by atoms with E-state index in [0.717, 1.165) is 18.1 Å². The topological polar surface area (TPSA) is 78.7 Å². The molecule has 0 saturated heterocycles. The van der Waals surface area contributed by atoms with Gasteiger partial charge in [0.2, 0.25) is 5.91 Å². The summed E-state index contributed by atoms with van der Waals surface area (Å²) in [5.74, 6) is 2.02. The van der Waals surface area contributed by atoms with Gasteiger partial charge in [-0.3, -0.25) is 9.79 Å². The second kappa shape index (κ2) is 13.1. The van der Waals surface area contributed by atoms with Gasteiger partial charge >= 0.3 is 0 Å². The zero-order valence-electron chi connectivity index (χ0n) is 15.1. The predicted octanol–water partition coefficient (Wildman–Crippen LogP) is 2.89. The summed E-state index contributed by atoms with van der Waals surface area (Å²) in [4.78, 5) is 15.9. The Labute approximate surface area is 162 Å². The van der Waals surface area contributed by atoms with Crippen LogP contribution in [-0.4, -0.2) is 31.5 Å². The van der Waals surface area contributed by atoms with E-state index in [1.165, 1.54) is 12.8 Å². The summed E-state index contributed by atoms with van der Waals surface area (Å²) in [6, 6.07) is 3.95. The van der Waals surface area contributed by atoms with Crippen LogP contribution in [0.4, 0.5) is 0 Å². The second-order valence-electron chi connectivity index (χ2n) is 6.15. The molecule has 0 aromatic carbocycles. The van der Waals surface area contributed by atoms with Crippen molar-refractivity contribution in [2.24, 2.45) is 10.9 Å². The summed E-state index contributed by atoms with van der Waals surface area (Å²) in [5.41, 5.74) is 0. The monoisotopic (exact) mass is 450 g/mol. The number of furan rings is 1. The highest BCUT2D eigenvalue weighted by Gasteiger charge is 2.08. The molecule has 1 amide bonds. The maximum atomic E-state index is 11.8. The minimum atomic E-state index is -0.100. The maximum Gasteiger partial charge on any atom is 0.239 e. The summed E-state index contributed by atoms with van der Waals surface area (Å²) in [6.45, 7) is 7.17. The van der Waals surface area contributed by atoms with Crippen LogP contribution < -0.4 is 16.0 Å². The number of nitrogens with one attached hydrogen (secondary N) is 3. The first-order valence-electron chi connectivity index (χ1n) is 8.27. The highest BCUT2D eigenvalue weighted by atomic mass is 127. The largest absolute Gasteiger partial charge is 0.467 e. The number of aliphatic imine (C=N–C) groups is 1. The quantitative estimate of drug-likeness (QED) is 0.307. The second-order valence-corrected chi connectivity index (χ2v) is 6.15. The molecule has 3 N–H and O–H groups in total. The zero-order valence-corrected chi connectivity index (χ0v) is 17.4. The van der Waals surface area contributed by atoms with Gasteiger partial charge < -0.3 is 20.4 Å².